The van der Waals surface area contributed by atoms with Gasteiger partial charge in [0.15, 0.2) is 0 Å². The molecule has 0 spiro atoms. The molecule has 4 heteroatoms. The molecule has 58 valence electrons. The lowest BCUT2D eigenvalue weighted by Gasteiger charge is -2.36. The van der Waals surface area contributed by atoms with Crippen LogP contribution in [0.15, 0.2) is 10.6 Å². The molecule has 1 heterocycles. The van der Waals surface area contributed by atoms with Crippen LogP contribution < -0.4 is 5.73 Å². The molecule has 2 nitrogen and oxygen atoms in total. The average Bonchev–Trinajstić information content (AvgIpc) is 1.84. The van der Waals surface area contributed by atoms with Crippen LogP contribution in [0.25, 0.3) is 0 Å². The monoisotopic (exact) mass is 180 g/mol. The molecule has 0 radical (unpaired) electrons. The van der Waals surface area contributed by atoms with Crippen molar-refractivity contribution in [2.45, 2.75) is 6.04 Å². The molecule has 1 saturated heterocycles. The van der Waals surface area contributed by atoms with E-state index in [1.165, 1.54) is 5.54 Å². The van der Waals surface area contributed by atoms with E-state index in [2.05, 4.69) is 4.90 Å². The molecule has 1 aliphatic rings. The van der Waals surface area contributed by atoms with Gasteiger partial charge in [0, 0.05) is 36.2 Å². The number of rotatable bonds is 2. The first-order valence-electron chi connectivity index (χ1n) is 3.15. The Balaban J connectivity index is 2.16. The van der Waals surface area contributed by atoms with Crippen LogP contribution in [0, 0.1) is 0 Å². The highest BCUT2D eigenvalue weighted by Crippen LogP contribution is 2.11. The first-order valence-corrected chi connectivity index (χ1v) is 3.96. The van der Waals surface area contributed by atoms with Gasteiger partial charge in [-0.15, -0.1) is 0 Å². The third-order valence-electron chi connectivity index (χ3n) is 1.48. The lowest BCUT2D eigenvalue weighted by molar-refractivity contribution is 0.168. The van der Waals surface area contributed by atoms with Gasteiger partial charge >= 0.3 is 0 Å². The summed E-state index contributed by atoms with van der Waals surface area (Å²) in [5.74, 6) is 0. The average molecular weight is 181 g/mol. The number of hydrogen-bond donors (Lipinski definition) is 1. The summed E-state index contributed by atoms with van der Waals surface area (Å²) in [5.41, 5.74) is 6.94. The van der Waals surface area contributed by atoms with Gasteiger partial charge in [-0.05, 0) is 0 Å². The number of nitrogens with zero attached hydrogens (tertiary/aromatic N) is 1. The largest absolute Gasteiger partial charge is 0.325 e. The van der Waals surface area contributed by atoms with Gasteiger partial charge in [-0.25, -0.2) is 0 Å². The van der Waals surface area contributed by atoms with E-state index < -0.39 is 0 Å². The number of nitrogens with two attached hydrogens (primary N) is 1. The predicted molar refractivity (Wildman–Crippen MR) is 44.2 cm³/mol. The number of halogens is 2. The Bertz CT molecular complexity index is 141. The maximum absolute atomic E-state index is 5.67. The van der Waals surface area contributed by atoms with Crippen LogP contribution in [0.3, 0.4) is 0 Å². The number of hydrogen-bond acceptors (Lipinski definition) is 2. The van der Waals surface area contributed by atoms with Crippen molar-refractivity contribution >= 4 is 23.2 Å². The van der Waals surface area contributed by atoms with Crippen molar-refractivity contribution in [1.82, 2.24) is 4.90 Å². The highest BCUT2D eigenvalue weighted by molar-refractivity contribution is 6.36. The van der Waals surface area contributed by atoms with Crippen molar-refractivity contribution in [2.24, 2.45) is 5.73 Å². The summed E-state index contributed by atoms with van der Waals surface area (Å²) in [4.78, 5) is 2.14. The molecule has 0 saturated carbocycles. The molecule has 0 atom stereocenters. The summed E-state index contributed by atoms with van der Waals surface area (Å²) < 4.78 is 0. The second-order valence-electron chi connectivity index (χ2n) is 2.51. The van der Waals surface area contributed by atoms with Crippen LogP contribution >= 0.6 is 23.2 Å². The topological polar surface area (TPSA) is 29.3 Å². The smallest absolute Gasteiger partial charge is 0.0434 e. The van der Waals surface area contributed by atoms with Gasteiger partial charge in [0.1, 0.15) is 0 Å². The Kier molecular flexibility index (Phi) is 2.98. The molecule has 0 amide bonds. The molecule has 0 bridgehead atoms. The van der Waals surface area contributed by atoms with Gasteiger partial charge < -0.3 is 5.73 Å². The lowest BCUT2D eigenvalue weighted by atomic mass is 10.1. The molecule has 0 aliphatic carbocycles. The van der Waals surface area contributed by atoms with Crippen LogP contribution in [-0.4, -0.2) is 30.6 Å². The fourth-order valence-corrected chi connectivity index (χ4v) is 1.23. The first kappa shape index (κ1) is 8.34. The second-order valence-corrected chi connectivity index (χ2v) is 3.21. The minimum atomic E-state index is 0.333. The van der Waals surface area contributed by atoms with Crippen molar-refractivity contribution in [2.75, 3.05) is 19.6 Å². The molecule has 1 fully saturated rings. The Morgan fingerprint density at radius 3 is 2.70 bits per heavy atom. The van der Waals surface area contributed by atoms with Crippen molar-refractivity contribution in [3.63, 3.8) is 0 Å². The van der Waals surface area contributed by atoms with Gasteiger partial charge in [0.05, 0.1) is 0 Å². The Hall–Kier alpha value is 0.240. The van der Waals surface area contributed by atoms with Gasteiger partial charge in [-0.1, -0.05) is 23.2 Å². The van der Waals surface area contributed by atoms with Crippen LogP contribution in [-0.2, 0) is 0 Å². The molecule has 0 aromatic carbocycles. The summed E-state index contributed by atoms with van der Waals surface area (Å²) in [6, 6.07) is 0.333. The first-order chi connectivity index (χ1) is 4.72. The summed E-state index contributed by atoms with van der Waals surface area (Å²) in [6.07, 6.45) is 0. The minimum absolute atomic E-state index is 0.333. The maximum atomic E-state index is 5.67. The summed E-state index contributed by atoms with van der Waals surface area (Å²) in [7, 11) is 0. The zero-order valence-corrected chi connectivity index (χ0v) is 7.07. The van der Waals surface area contributed by atoms with Gasteiger partial charge in [0.25, 0.3) is 0 Å². The molecule has 0 aromatic rings. The Morgan fingerprint density at radius 1 is 1.70 bits per heavy atom. The zero-order chi connectivity index (χ0) is 7.56. The Morgan fingerprint density at radius 2 is 2.30 bits per heavy atom. The molecule has 0 aromatic heterocycles. The normalized spacial score (nSPS) is 22.9. The molecule has 1 aliphatic heterocycles. The quantitative estimate of drug-likeness (QED) is 0.687. The van der Waals surface area contributed by atoms with E-state index in [0.717, 1.165) is 19.6 Å². The van der Waals surface area contributed by atoms with E-state index in [4.69, 9.17) is 28.9 Å². The SMILES string of the molecule is NC1CN(CC(Cl)=CCl)C1. The minimum Gasteiger partial charge on any atom is -0.325 e. The van der Waals surface area contributed by atoms with E-state index >= 15 is 0 Å². The maximum Gasteiger partial charge on any atom is 0.0434 e. The summed E-state index contributed by atoms with van der Waals surface area (Å²) in [6.45, 7) is 2.60. The van der Waals surface area contributed by atoms with Crippen LogP contribution in [0.5, 0.6) is 0 Å². The van der Waals surface area contributed by atoms with Crippen LogP contribution in [0.4, 0.5) is 0 Å². The van der Waals surface area contributed by atoms with E-state index in [9.17, 15) is 0 Å². The predicted octanol–water partition coefficient (Wildman–Crippen LogP) is 0.948. The third kappa shape index (κ3) is 2.13. The molecular formula is C6H10Cl2N2. The fraction of sp³-hybridized carbons (Fsp3) is 0.667. The standard InChI is InChI=1S/C6H10Cl2N2/c7-1-5(8)2-10-3-6(9)4-10/h1,6H,2-4,9H2. The molecule has 10 heavy (non-hydrogen) atoms. The molecule has 0 unspecified atom stereocenters. The fourth-order valence-electron chi connectivity index (χ4n) is 0.987. The van der Waals surface area contributed by atoms with Gasteiger partial charge in [-0.3, -0.25) is 4.90 Å². The third-order valence-corrected chi connectivity index (χ3v) is 2.08. The second kappa shape index (κ2) is 3.58. The summed E-state index contributed by atoms with van der Waals surface area (Å²) >= 11 is 11.0. The van der Waals surface area contributed by atoms with E-state index in [1.807, 2.05) is 0 Å². The molecular weight excluding hydrogens is 171 g/mol. The summed E-state index contributed by atoms with van der Waals surface area (Å²) in [5, 5.41) is 0.675. The van der Waals surface area contributed by atoms with Crippen molar-refractivity contribution in [1.29, 1.82) is 0 Å². The van der Waals surface area contributed by atoms with Gasteiger partial charge in [0.2, 0.25) is 0 Å². The van der Waals surface area contributed by atoms with Crippen LogP contribution in [0.1, 0.15) is 0 Å². The van der Waals surface area contributed by atoms with Gasteiger partial charge in [-0.2, -0.15) is 0 Å². The van der Waals surface area contributed by atoms with Crippen molar-refractivity contribution < 1.29 is 0 Å². The van der Waals surface area contributed by atoms with E-state index in [0.29, 0.717) is 11.1 Å². The Labute approximate surface area is 70.6 Å². The van der Waals surface area contributed by atoms with E-state index in [1.54, 1.807) is 0 Å². The van der Waals surface area contributed by atoms with Crippen molar-refractivity contribution in [3.05, 3.63) is 10.6 Å². The molecule has 1 rings (SSSR count). The zero-order valence-electron chi connectivity index (χ0n) is 5.56. The van der Waals surface area contributed by atoms with E-state index in [-0.39, 0.29) is 0 Å². The highest BCUT2D eigenvalue weighted by Gasteiger charge is 2.22. The highest BCUT2D eigenvalue weighted by atomic mass is 35.5. The molecule has 2 N–H and O–H groups in total. The number of likely N-dealkylation sites (tertiary alicyclic amines) is 1. The van der Waals surface area contributed by atoms with Crippen molar-refractivity contribution in [3.8, 4) is 0 Å². The van der Waals surface area contributed by atoms with Crippen LogP contribution in [0.2, 0.25) is 0 Å². The lowest BCUT2D eigenvalue weighted by Crippen LogP contribution is -2.55.